The van der Waals surface area contributed by atoms with Gasteiger partial charge in [-0.15, -0.1) is 0 Å². The highest BCUT2D eigenvalue weighted by atomic mass is 14.9. The molecule has 17 heavy (non-hydrogen) atoms. The van der Waals surface area contributed by atoms with Crippen molar-refractivity contribution in [1.82, 2.24) is 15.0 Å². The molecule has 0 aromatic carbocycles. The van der Waals surface area contributed by atoms with E-state index >= 15 is 0 Å². The lowest BCUT2D eigenvalue weighted by Crippen LogP contribution is -1.71. The van der Waals surface area contributed by atoms with Gasteiger partial charge in [-0.25, -0.2) is 4.98 Å². The predicted octanol–water partition coefficient (Wildman–Crippen LogP) is 3.09. The van der Waals surface area contributed by atoms with Crippen molar-refractivity contribution in [3.8, 4) is 0 Å². The number of aromatic nitrogens is 3. The van der Waals surface area contributed by atoms with Gasteiger partial charge < -0.3 is 4.98 Å². The first-order chi connectivity index (χ1) is 8.45. The van der Waals surface area contributed by atoms with Crippen molar-refractivity contribution in [1.29, 1.82) is 0 Å². The third kappa shape index (κ3) is 3.91. The van der Waals surface area contributed by atoms with Crippen LogP contribution in [0.1, 0.15) is 11.4 Å². The molecule has 0 saturated heterocycles. The molecule has 2 rings (SSSR count). The maximum atomic E-state index is 4.08. The molecular weight excluding hydrogens is 210 g/mol. The third-order valence-corrected chi connectivity index (χ3v) is 2.10. The molecule has 84 valence electrons. The second-order valence-corrected chi connectivity index (χ2v) is 3.36. The Morgan fingerprint density at radius 3 is 2.35 bits per heavy atom. The molecule has 0 bridgehead atoms. The van der Waals surface area contributed by atoms with Crippen LogP contribution in [-0.4, -0.2) is 15.0 Å². The van der Waals surface area contributed by atoms with Crippen LogP contribution in [0.3, 0.4) is 0 Å². The highest BCUT2D eigenvalue weighted by Crippen LogP contribution is 1.99. The number of rotatable bonds is 4. The fourth-order valence-corrected chi connectivity index (χ4v) is 1.28. The second kappa shape index (κ2) is 6.23. The zero-order valence-electron chi connectivity index (χ0n) is 9.32. The lowest BCUT2D eigenvalue weighted by atomic mass is 10.2. The molecule has 0 unspecified atom stereocenters. The van der Waals surface area contributed by atoms with Crippen LogP contribution in [0, 0.1) is 0 Å². The Balaban J connectivity index is 1.84. The van der Waals surface area contributed by atoms with Crippen LogP contribution >= 0.6 is 0 Å². The molecule has 2 aromatic rings. The van der Waals surface area contributed by atoms with Crippen molar-refractivity contribution >= 4 is 12.2 Å². The molecule has 0 aliphatic rings. The number of imidazole rings is 1. The summed E-state index contributed by atoms with van der Waals surface area (Å²) in [5.41, 5.74) is 1.14. The summed E-state index contributed by atoms with van der Waals surface area (Å²) in [5, 5.41) is 0. The number of nitrogens with one attached hydrogen (secondary N) is 1. The summed E-state index contributed by atoms with van der Waals surface area (Å²) < 4.78 is 0. The summed E-state index contributed by atoms with van der Waals surface area (Å²) in [6, 6.07) is 3.92. The average molecular weight is 223 g/mol. The summed E-state index contributed by atoms with van der Waals surface area (Å²) in [6.07, 6.45) is 18.9. The minimum absolute atomic E-state index is 0.854. The van der Waals surface area contributed by atoms with E-state index in [-0.39, 0.29) is 0 Å². The van der Waals surface area contributed by atoms with E-state index in [1.54, 1.807) is 24.8 Å². The van der Waals surface area contributed by atoms with Gasteiger partial charge in [0.2, 0.25) is 0 Å². The lowest BCUT2D eigenvalue weighted by molar-refractivity contribution is 1.26. The summed E-state index contributed by atoms with van der Waals surface area (Å²) in [5.74, 6) is 0.854. The van der Waals surface area contributed by atoms with Crippen LogP contribution in [0.4, 0.5) is 0 Å². The van der Waals surface area contributed by atoms with Gasteiger partial charge in [0.15, 0.2) is 0 Å². The molecule has 1 N–H and O–H groups in total. The third-order valence-electron chi connectivity index (χ3n) is 2.10. The van der Waals surface area contributed by atoms with Gasteiger partial charge in [0.1, 0.15) is 5.82 Å². The monoisotopic (exact) mass is 223 g/mol. The number of hydrogen-bond acceptors (Lipinski definition) is 2. The Bertz CT molecular complexity index is 508. The van der Waals surface area contributed by atoms with Crippen molar-refractivity contribution in [2.75, 3.05) is 0 Å². The highest BCUT2D eigenvalue weighted by Gasteiger charge is 1.82. The maximum absolute atomic E-state index is 4.08. The van der Waals surface area contributed by atoms with Crippen molar-refractivity contribution in [2.45, 2.75) is 0 Å². The summed E-state index contributed by atoms with van der Waals surface area (Å²) in [4.78, 5) is 11.0. The lowest BCUT2D eigenvalue weighted by Gasteiger charge is -1.87. The Morgan fingerprint density at radius 2 is 1.65 bits per heavy atom. The summed E-state index contributed by atoms with van der Waals surface area (Å²) in [7, 11) is 0. The minimum Gasteiger partial charge on any atom is -0.345 e. The van der Waals surface area contributed by atoms with Gasteiger partial charge in [-0.05, 0) is 23.8 Å². The van der Waals surface area contributed by atoms with E-state index in [4.69, 9.17) is 0 Å². The van der Waals surface area contributed by atoms with Gasteiger partial charge in [0, 0.05) is 24.8 Å². The van der Waals surface area contributed by atoms with Gasteiger partial charge in [-0.3, -0.25) is 4.98 Å². The maximum Gasteiger partial charge on any atom is 0.129 e. The van der Waals surface area contributed by atoms with Crippen LogP contribution in [0.25, 0.3) is 12.2 Å². The van der Waals surface area contributed by atoms with E-state index in [0.717, 1.165) is 11.4 Å². The SMILES string of the molecule is C(=C\C=C\c1ncc[nH]1)/C=C/c1ccncc1. The molecule has 0 aliphatic carbocycles. The van der Waals surface area contributed by atoms with Crippen LogP contribution in [-0.2, 0) is 0 Å². The van der Waals surface area contributed by atoms with E-state index in [1.807, 2.05) is 48.6 Å². The predicted molar refractivity (Wildman–Crippen MR) is 70.0 cm³/mol. The molecule has 0 aliphatic heterocycles. The van der Waals surface area contributed by atoms with E-state index in [2.05, 4.69) is 15.0 Å². The number of aromatic amines is 1. The quantitative estimate of drug-likeness (QED) is 0.809. The Morgan fingerprint density at radius 1 is 0.882 bits per heavy atom. The molecule has 2 aromatic heterocycles. The van der Waals surface area contributed by atoms with Gasteiger partial charge in [0.05, 0.1) is 0 Å². The first-order valence-corrected chi connectivity index (χ1v) is 5.36. The van der Waals surface area contributed by atoms with Gasteiger partial charge >= 0.3 is 0 Å². The van der Waals surface area contributed by atoms with E-state index in [0.29, 0.717) is 0 Å². The molecule has 0 saturated carbocycles. The van der Waals surface area contributed by atoms with Crippen molar-refractivity contribution in [2.24, 2.45) is 0 Å². The average Bonchev–Trinajstić information content (AvgIpc) is 2.88. The highest BCUT2D eigenvalue weighted by molar-refractivity contribution is 5.50. The smallest absolute Gasteiger partial charge is 0.129 e. The van der Waals surface area contributed by atoms with E-state index in [1.165, 1.54) is 0 Å². The molecule has 3 heteroatoms. The topological polar surface area (TPSA) is 41.6 Å². The van der Waals surface area contributed by atoms with Crippen LogP contribution in [0.5, 0.6) is 0 Å². The number of nitrogens with zero attached hydrogens (tertiary/aromatic N) is 2. The number of allylic oxidation sites excluding steroid dienone is 4. The Labute approximate surface area is 100 Å². The van der Waals surface area contributed by atoms with Crippen molar-refractivity contribution in [3.05, 3.63) is 72.6 Å². The first-order valence-electron chi connectivity index (χ1n) is 5.36. The van der Waals surface area contributed by atoms with Crippen LogP contribution in [0.2, 0.25) is 0 Å². The van der Waals surface area contributed by atoms with Crippen molar-refractivity contribution < 1.29 is 0 Å². The molecular formula is C14H13N3. The van der Waals surface area contributed by atoms with Crippen LogP contribution < -0.4 is 0 Å². The molecule has 0 spiro atoms. The first kappa shape index (κ1) is 11.1. The fraction of sp³-hybridized carbons (Fsp3) is 0. The number of pyridine rings is 1. The molecule has 0 atom stereocenters. The number of hydrogen-bond donors (Lipinski definition) is 1. The standard InChI is InChI=1S/C14H13N3/c1(2-4-6-14-16-11-12-17-14)3-5-13-7-9-15-10-8-13/h1-12H,(H,16,17)/b2-1+,5-3+,6-4+. The zero-order valence-corrected chi connectivity index (χ0v) is 9.32. The molecule has 0 fully saturated rings. The van der Waals surface area contributed by atoms with E-state index in [9.17, 15) is 0 Å². The molecule has 0 radical (unpaired) electrons. The van der Waals surface area contributed by atoms with Crippen LogP contribution in [0.15, 0.2) is 61.2 Å². The Kier molecular flexibility index (Phi) is 4.06. The Hall–Kier alpha value is -2.42. The van der Waals surface area contributed by atoms with Gasteiger partial charge in [-0.1, -0.05) is 30.4 Å². The van der Waals surface area contributed by atoms with E-state index < -0.39 is 0 Å². The fourth-order valence-electron chi connectivity index (χ4n) is 1.28. The largest absolute Gasteiger partial charge is 0.345 e. The van der Waals surface area contributed by atoms with Crippen molar-refractivity contribution in [3.63, 3.8) is 0 Å². The van der Waals surface area contributed by atoms with Gasteiger partial charge in [0.25, 0.3) is 0 Å². The second-order valence-electron chi connectivity index (χ2n) is 3.36. The molecule has 0 amide bonds. The normalized spacial score (nSPS) is 12.0. The molecule has 2 heterocycles. The summed E-state index contributed by atoms with van der Waals surface area (Å²) >= 11 is 0. The van der Waals surface area contributed by atoms with Gasteiger partial charge in [-0.2, -0.15) is 0 Å². The zero-order chi connectivity index (χ0) is 11.8. The molecule has 3 nitrogen and oxygen atoms in total. The minimum atomic E-state index is 0.854. The number of H-pyrrole nitrogens is 1. The summed E-state index contributed by atoms with van der Waals surface area (Å²) in [6.45, 7) is 0.